The number of hydrogen-bond donors (Lipinski definition) is 0. The maximum atomic E-state index is 9.81. The molecule has 1 heterocycles. The van der Waals surface area contributed by atoms with Crippen molar-refractivity contribution >= 4 is 10.2 Å². The van der Waals surface area contributed by atoms with Gasteiger partial charge in [0, 0.05) is 11.9 Å². The Morgan fingerprint density at radius 1 is 1.35 bits per heavy atom. The molecule has 2 rings (SSSR count). The average molecular weight is 486 g/mol. The Hall–Kier alpha value is -2.32. The zero-order chi connectivity index (χ0) is 16.9. The summed E-state index contributed by atoms with van der Waals surface area (Å²) in [4.78, 5) is 14.1. The van der Waals surface area contributed by atoms with Gasteiger partial charge >= 0.3 is 64.5 Å². The van der Waals surface area contributed by atoms with Crippen LogP contribution in [0, 0.1) is 6.07 Å². The number of pyridine rings is 1. The number of hydrogen-bond acceptors (Lipinski definition) is 3. The Labute approximate surface area is 147 Å². The van der Waals surface area contributed by atoms with E-state index in [9.17, 15) is 4.79 Å². The van der Waals surface area contributed by atoms with E-state index >= 15 is 0 Å². The number of nitrogens with zero attached hydrogens (tertiary/aromatic N) is 1. The normalized spacial score (nSPS) is 10.2. The van der Waals surface area contributed by atoms with Crippen molar-refractivity contribution in [2.75, 3.05) is 7.11 Å². The first-order chi connectivity index (χ1) is 11.2. The second-order valence-electron chi connectivity index (χ2n) is 3.96. The van der Waals surface area contributed by atoms with Crippen LogP contribution in [0.3, 0.4) is 0 Å². The fraction of sp³-hybridized carbons (Fsp3) is 0.0556. The SMILES string of the molecule is COc1ccc[c-]c1-c1ccccn1.[NH-]/C=C\C=C/[C](=[Pt])[C-]=O. The standard InChI is InChI=1S/C12H10NO.C6H5NO.Pt/c1-14-12-8-3-2-6-10(12)11-7-4-5-9-13-11;7-5-3-1-2-4-6-8;/h2-5,7-9H,1H3;1-3,5,7H;/q-1;-2;/b;2-1-,5-3-;. The number of benzene rings is 1. The molecule has 1 aromatic heterocycles. The third-order valence-electron chi connectivity index (χ3n) is 2.49. The Bertz CT molecular complexity index is 682. The van der Waals surface area contributed by atoms with E-state index in [0.29, 0.717) is 3.90 Å². The number of methoxy groups -OCH3 is 1. The van der Waals surface area contributed by atoms with Crippen molar-refractivity contribution in [3.8, 4) is 17.0 Å². The fourth-order valence-corrected chi connectivity index (χ4v) is 1.74. The van der Waals surface area contributed by atoms with Gasteiger partial charge in [-0.2, -0.15) is 0 Å². The van der Waals surface area contributed by atoms with Crippen LogP contribution in [0.5, 0.6) is 5.75 Å². The summed E-state index contributed by atoms with van der Waals surface area (Å²) in [6.07, 6.45) is 9.32. The van der Waals surface area contributed by atoms with Gasteiger partial charge in [-0.15, -0.1) is 24.3 Å². The first-order valence-electron chi connectivity index (χ1n) is 6.57. The van der Waals surface area contributed by atoms with E-state index in [2.05, 4.69) is 11.1 Å². The molecule has 0 atom stereocenters. The average Bonchev–Trinajstić information content (AvgIpc) is 2.63. The van der Waals surface area contributed by atoms with Gasteiger partial charge in [0.2, 0.25) is 0 Å². The third kappa shape index (κ3) is 6.98. The molecule has 0 aliphatic rings. The van der Waals surface area contributed by atoms with Gasteiger partial charge in [-0.1, -0.05) is 17.7 Å². The van der Waals surface area contributed by atoms with E-state index in [-0.39, 0.29) is 0 Å². The van der Waals surface area contributed by atoms with Crippen molar-refractivity contribution in [2.24, 2.45) is 0 Å². The van der Waals surface area contributed by atoms with Crippen LogP contribution in [-0.4, -0.2) is 22.3 Å². The van der Waals surface area contributed by atoms with Crippen molar-refractivity contribution < 1.29 is 28.9 Å². The number of aromatic nitrogens is 1. The van der Waals surface area contributed by atoms with Crippen molar-refractivity contribution in [2.45, 2.75) is 0 Å². The summed E-state index contributed by atoms with van der Waals surface area (Å²) in [7, 11) is 1.65. The van der Waals surface area contributed by atoms with E-state index in [1.165, 1.54) is 6.08 Å². The van der Waals surface area contributed by atoms with Gasteiger partial charge in [0.1, 0.15) is 0 Å². The van der Waals surface area contributed by atoms with Crippen LogP contribution in [0.25, 0.3) is 17.0 Å². The topological polar surface area (TPSA) is 63.0 Å². The van der Waals surface area contributed by atoms with Gasteiger partial charge < -0.3 is 9.72 Å². The number of carbonyl (C=O) groups excluding carboxylic acids is 1. The van der Waals surface area contributed by atoms with E-state index in [0.717, 1.165) is 23.2 Å². The van der Waals surface area contributed by atoms with Gasteiger partial charge in [-0.05, 0) is 11.8 Å². The van der Waals surface area contributed by atoms with Gasteiger partial charge in [0.25, 0.3) is 0 Å². The summed E-state index contributed by atoms with van der Waals surface area (Å²) in [6.45, 7) is 0. The molecule has 0 spiro atoms. The molecule has 0 saturated heterocycles. The minimum atomic E-state index is 0.508. The minimum absolute atomic E-state index is 0.508. The molecule has 0 amide bonds. The van der Waals surface area contributed by atoms with Crippen molar-refractivity contribution in [1.82, 2.24) is 4.98 Å². The third-order valence-corrected chi connectivity index (χ3v) is 3.10. The first-order valence-corrected chi connectivity index (χ1v) is 7.70. The summed E-state index contributed by atoms with van der Waals surface area (Å²) in [5.41, 5.74) is 8.34. The Balaban J connectivity index is 0.000000257. The molecule has 23 heavy (non-hydrogen) atoms. The molecule has 0 aliphatic carbocycles. The van der Waals surface area contributed by atoms with Gasteiger partial charge in [-0.25, -0.2) is 0 Å². The summed E-state index contributed by atoms with van der Waals surface area (Å²) in [5, 5.41) is 0. The molecular weight excluding hydrogens is 471 g/mol. The van der Waals surface area contributed by atoms with Crippen LogP contribution >= 0.6 is 0 Å². The molecule has 0 unspecified atom stereocenters. The van der Waals surface area contributed by atoms with Crippen LogP contribution in [0.15, 0.2) is 67.0 Å². The molecular formula is C18H15N2O2Pt-3. The number of allylic oxidation sites excluding steroid dienone is 3. The predicted molar refractivity (Wildman–Crippen MR) is 88.4 cm³/mol. The van der Waals surface area contributed by atoms with Crippen LogP contribution in [-0.2, 0) is 24.1 Å². The number of ether oxygens (including phenoxy) is 1. The van der Waals surface area contributed by atoms with Crippen LogP contribution in [0.2, 0.25) is 0 Å². The second kappa shape index (κ2) is 11.3. The second-order valence-corrected chi connectivity index (χ2v) is 5.19. The monoisotopic (exact) mass is 486 g/mol. The molecule has 0 fully saturated rings. The molecule has 0 aliphatic heterocycles. The quantitative estimate of drug-likeness (QED) is 0.480. The molecule has 1 aromatic carbocycles. The summed E-state index contributed by atoms with van der Waals surface area (Å²) in [6, 6.07) is 14.5. The first kappa shape index (κ1) is 18.7. The number of nitrogens with one attached hydrogen (secondary N) is 1. The van der Waals surface area contributed by atoms with Crippen molar-refractivity contribution in [3.05, 3.63) is 78.8 Å². The van der Waals surface area contributed by atoms with Gasteiger partial charge in [-0.3, -0.25) is 0 Å². The van der Waals surface area contributed by atoms with E-state index in [4.69, 9.17) is 10.5 Å². The van der Waals surface area contributed by atoms with Crippen molar-refractivity contribution in [1.29, 1.82) is 0 Å². The molecule has 4 nitrogen and oxygen atoms in total. The summed E-state index contributed by atoms with van der Waals surface area (Å²) >= 11 is 1.84. The zero-order valence-corrected chi connectivity index (χ0v) is 14.7. The van der Waals surface area contributed by atoms with Crippen LogP contribution in [0.4, 0.5) is 0 Å². The Kier molecular flexibility index (Phi) is 9.18. The number of rotatable bonds is 5. The van der Waals surface area contributed by atoms with Crippen LogP contribution < -0.4 is 4.74 Å². The van der Waals surface area contributed by atoms with Crippen molar-refractivity contribution in [3.63, 3.8) is 0 Å². The van der Waals surface area contributed by atoms with Gasteiger partial charge in [0.15, 0.2) is 0 Å². The Morgan fingerprint density at radius 2 is 2.17 bits per heavy atom. The predicted octanol–water partition coefficient (Wildman–Crippen LogP) is 3.49. The molecule has 0 radical (unpaired) electrons. The molecule has 0 bridgehead atoms. The maximum absolute atomic E-state index is 9.81. The molecule has 122 valence electrons. The molecule has 1 N–H and O–H groups in total. The van der Waals surface area contributed by atoms with Crippen LogP contribution in [0.1, 0.15) is 0 Å². The van der Waals surface area contributed by atoms with E-state index in [1.54, 1.807) is 31.7 Å². The molecule has 0 saturated carbocycles. The molecule has 2 aromatic rings. The van der Waals surface area contributed by atoms with E-state index in [1.807, 2.05) is 55.8 Å². The molecule has 5 heteroatoms. The summed E-state index contributed by atoms with van der Waals surface area (Å²) < 4.78 is 5.74. The van der Waals surface area contributed by atoms with Gasteiger partial charge in [0.05, 0.1) is 7.11 Å². The zero-order valence-electron chi connectivity index (χ0n) is 12.4. The van der Waals surface area contributed by atoms with E-state index < -0.39 is 0 Å². The Morgan fingerprint density at radius 3 is 2.78 bits per heavy atom. The fourth-order valence-electron chi connectivity index (χ4n) is 1.53. The summed E-state index contributed by atoms with van der Waals surface area (Å²) in [5.74, 6) is 0.797.